The molecule has 0 radical (unpaired) electrons. The Kier molecular flexibility index (Phi) is 6.68. The summed E-state index contributed by atoms with van der Waals surface area (Å²) >= 11 is 0. The molecule has 2 aromatic rings. The van der Waals surface area contributed by atoms with Crippen molar-refractivity contribution >= 4 is 27.5 Å². The van der Waals surface area contributed by atoms with Gasteiger partial charge in [0, 0.05) is 33.3 Å². The van der Waals surface area contributed by atoms with Crippen LogP contribution in [0.2, 0.25) is 0 Å². The van der Waals surface area contributed by atoms with E-state index in [4.69, 9.17) is 4.74 Å². The minimum absolute atomic E-state index is 0.0142. The van der Waals surface area contributed by atoms with Gasteiger partial charge >= 0.3 is 0 Å². The first-order chi connectivity index (χ1) is 15.1. The predicted molar refractivity (Wildman–Crippen MR) is 116 cm³/mol. The monoisotopic (exact) mass is 460 g/mol. The number of phenols is 1. The summed E-state index contributed by atoms with van der Waals surface area (Å²) in [4.78, 5) is 26.9. The molecule has 1 aliphatic heterocycles. The van der Waals surface area contributed by atoms with Crippen LogP contribution in [0.25, 0.3) is 5.76 Å². The van der Waals surface area contributed by atoms with Crippen molar-refractivity contribution in [2.24, 2.45) is 0 Å². The highest BCUT2D eigenvalue weighted by atomic mass is 32.2. The second kappa shape index (κ2) is 9.11. The van der Waals surface area contributed by atoms with Gasteiger partial charge in [0.25, 0.3) is 11.7 Å². The van der Waals surface area contributed by atoms with Crippen LogP contribution in [-0.2, 0) is 24.3 Å². The van der Waals surface area contributed by atoms with E-state index in [0.717, 1.165) is 4.31 Å². The number of benzene rings is 2. The molecule has 1 aliphatic rings. The molecular weight excluding hydrogens is 436 g/mol. The zero-order valence-electron chi connectivity index (χ0n) is 17.8. The molecule has 1 amide bonds. The van der Waals surface area contributed by atoms with Gasteiger partial charge < -0.3 is 19.8 Å². The highest BCUT2D eigenvalue weighted by molar-refractivity contribution is 7.89. The SMILES string of the molecule is COCCN1C(=O)C(=O)/C(=C(\O)c2ccc(S(=O)(=O)N(C)C)cc2)C1c1ccc(O)cc1. The van der Waals surface area contributed by atoms with Crippen LogP contribution < -0.4 is 0 Å². The number of ether oxygens (including phenoxy) is 1. The van der Waals surface area contributed by atoms with Gasteiger partial charge in [-0.25, -0.2) is 12.7 Å². The van der Waals surface area contributed by atoms with E-state index in [1.807, 2.05) is 0 Å². The van der Waals surface area contributed by atoms with E-state index in [0.29, 0.717) is 5.56 Å². The van der Waals surface area contributed by atoms with Crippen LogP contribution in [0.4, 0.5) is 0 Å². The molecule has 1 saturated heterocycles. The summed E-state index contributed by atoms with van der Waals surface area (Å²) in [5.41, 5.74) is 0.586. The van der Waals surface area contributed by atoms with E-state index in [1.165, 1.54) is 62.5 Å². The van der Waals surface area contributed by atoms with E-state index in [9.17, 15) is 28.2 Å². The fraction of sp³-hybridized carbons (Fsp3) is 0.273. The standard InChI is InChI=1S/C22H24N2O7S/c1-23(2)32(29,30)17-10-6-15(7-11-17)20(26)18-19(14-4-8-16(25)9-5-14)24(12-13-31-3)22(28)21(18)27/h4-11,19,25-26H,12-13H2,1-3H3/b20-18-. The van der Waals surface area contributed by atoms with E-state index in [-0.39, 0.29) is 34.9 Å². The third kappa shape index (κ3) is 4.24. The van der Waals surface area contributed by atoms with Gasteiger partial charge in [-0.3, -0.25) is 9.59 Å². The summed E-state index contributed by atoms with van der Waals surface area (Å²) in [5, 5.41) is 20.6. The first kappa shape index (κ1) is 23.5. The maximum atomic E-state index is 12.9. The molecule has 1 fully saturated rings. The van der Waals surface area contributed by atoms with Gasteiger partial charge in [0.2, 0.25) is 10.0 Å². The van der Waals surface area contributed by atoms with Gasteiger partial charge in [0.15, 0.2) is 0 Å². The average molecular weight is 461 g/mol. The molecule has 9 nitrogen and oxygen atoms in total. The molecule has 0 bridgehead atoms. The van der Waals surface area contributed by atoms with Crippen molar-refractivity contribution in [1.82, 2.24) is 9.21 Å². The molecule has 32 heavy (non-hydrogen) atoms. The minimum Gasteiger partial charge on any atom is -0.508 e. The number of nitrogens with zero attached hydrogens (tertiary/aromatic N) is 2. The molecule has 1 unspecified atom stereocenters. The Labute approximate surface area is 186 Å². The molecule has 2 N–H and O–H groups in total. The zero-order valence-corrected chi connectivity index (χ0v) is 18.7. The number of hydrogen-bond acceptors (Lipinski definition) is 7. The Bertz CT molecular complexity index is 1150. The third-order valence-electron chi connectivity index (χ3n) is 5.19. The number of aromatic hydroxyl groups is 1. The summed E-state index contributed by atoms with van der Waals surface area (Å²) in [6, 6.07) is 10.5. The van der Waals surface area contributed by atoms with Crippen molar-refractivity contribution in [1.29, 1.82) is 0 Å². The summed E-state index contributed by atoms with van der Waals surface area (Å²) in [6.07, 6.45) is 0. The number of aliphatic hydroxyl groups is 1. The largest absolute Gasteiger partial charge is 0.508 e. The van der Waals surface area contributed by atoms with Crippen LogP contribution in [0, 0.1) is 0 Å². The van der Waals surface area contributed by atoms with Crippen molar-refractivity contribution in [2.75, 3.05) is 34.4 Å². The number of phenolic OH excluding ortho intramolecular Hbond substituents is 1. The lowest BCUT2D eigenvalue weighted by Gasteiger charge is -2.25. The average Bonchev–Trinajstić information content (AvgIpc) is 3.02. The smallest absolute Gasteiger partial charge is 0.295 e. The Balaban J connectivity index is 2.11. The number of likely N-dealkylation sites (tertiary alicyclic amines) is 1. The highest BCUT2D eigenvalue weighted by Crippen LogP contribution is 2.39. The fourth-order valence-corrected chi connectivity index (χ4v) is 4.36. The van der Waals surface area contributed by atoms with Crippen LogP contribution >= 0.6 is 0 Å². The number of Topliss-reactive ketones (excluding diaryl/α,β-unsaturated/α-hetero) is 1. The molecule has 2 aromatic carbocycles. The van der Waals surface area contributed by atoms with E-state index in [1.54, 1.807) is 12.1 Å². The Morgan fingerprint density at radius 2 is 1.66 bits per heavy atom. The van der Waals surface area contributed by atoms with Crippen LogP contribution in [0.5, 0.6) is 5.75 Å². The van der Waals surface area contributed by atoms with E-state index >= 15 is 0 Å². The number of sulfonamides is 1. The van der Waals surface area contributed by atoms with Gasteiger partial charge in [0.1, 0.15) is 11.5 Å². The molecule has 0 aliphatic carbocycles. The number of hydrogen-bond donors (Lipinski definition) is 2. The summed E-state index contributed by atoms with van der Waals surface area (Å²) < 4.78 is 30.7. The number of aliphatic hydroxyl groups excluding tert-OH is 1. The van der Waals surface area contributed by atoms with Crippen molar-refractivity contribution in [3.05, 3.63) is 65.2 Å². The van der Waals surface area contributed by atoms with Crippen LogP contribution in [0.1, 0.15) is 17.2 Å². The number of ketones is 1. The molecule has 1 atom stereocenters. The predicted octanol–water partition coefficient (Wildman–Crippen LogP) is 1.71. The van der Waals surface area contributed by atoms with Gasteiger partial charge in [-0.1, -0.05) is 12.1 Å². The van der Waals surface area contributed by atoms with Crippen molar-refractivity contribution < 1.29 is 33.0 Å². The van der Waals surface area contributed by atoms with Crippen LogP contribution in [-0.4, -0.2) is 73.9 Å². The minimum atomic E-state index is -3.67. The Morgan fingerprint density at radius 3 is 2.19 bits per heavy atom. The molecule has 3 rings (SSSR count). The molecule has 170 valence electrons. The number of rotatable bonds is 7. The highest BCUT2D eigenvalue weighted by Gasteiger charge is 2.45. The lowest BCUT2D eigenvalue weighted by atomic mass is 9.95. The molecule has 0 saturated carbocycles. The van der Waals surface area contributed by atoms with Crippen molar-refractivity contribution in [3.63, 3.8) is 0 Å². The number of carbonyl (C=O) groups is 2. The normalized spacial score (nSPS) is 18.5. The molecule has 0 spiro atoms. The topological polar surface area (TPSA) is 124 Å². The summed E-state index contributed by atoms with van der Waals surface area (Å²) in [7, 11) is 0.612. The Morgan fingerprint density at radius 1 is 1.06 bits per heavy atom. The first-order valence-electron chi connectivity index (χ1n) is 9.68. The molecule has 0 aromatic heterocycles. The maximum Gasteiger partial charge on any atom is 0.295 e. The molecule has 1 heterocycles. The fourth-order valence-electron chi connectivity index (χ4n) is 3.45. The zero-order chi connectivity index (χ0) is 23.6. The second-order valence-electron chi connectivity index (χ2n) is 7.39. The number of amides is 1. The molecular formula is C22H24N2O7S. The van der Waals surface area contributed by atoms with Crippen molar-refractivity contribution in [3.8, 4) is 5.75 Å². The van der Waals surface area contributed by atoms with Crippen molar-refractivity contribution in [2.45, 2.75) is 10.9 Å². The van der Waals surface area contributed by atoms with E-state index in [2.05, 4.69) is 0 Å². The van der Waals surface area contributed by atoms with E-state index < -0.39 is 33.5 Å². The Hall–Kier alpha value is -3.21. The number of methoxy groups -OCH3 is 1. The maximum absolute atomic E-state index is 12.9. The quantitative estimate of drug-likeness (QED) is 0.366. The summed E-state index contributed by atoms with van der Waals surface area (Å²) in [6.45, 7) is 0.294. The summed E-state index contributed by atoms with van der Waals surface area (Å²) in [5.74, 6) is -2.05. The first-order valence-corrected chi connectivity index (χ1v) is 11.1. The van der Waals surface area contributed by atoms with Gasteiger partial charge in [-0.15, -0.1) is 0 Å². The van der Waals surface area contributed by atoms with Crippen LogP contribution in [0.15, 0.2) is 59.0 Å². The van der Waals surface area contributed by atoms with Gasteiger partial charge in [0.05, 0.1) is 23.1 Å². The number of carbonyl (C=O) groups excluding carboxylic acids is 2. The lowest BCUT2D eigenvalue weighted by molar-refractivity contribution is -0.140. The second-order valence-corrected chi connectivity index (χ2v) is 9.54. The molecule has 10 heteroatoms. The van der Waals surface area contributed by atoms with Gasteiger partial charge in [-0.05, 0) is 42.0 Å². The third-order valence-corrected chi connectivity index (χ3v) is 7.02. The van der Waals surface area contributed by atoms with Crippen LogP contribution in [0.3, 0.4) is 0 Å². The van der Waals surface area contributed by atoms with Gasteiger partial charge in [-0.2, -0.15) is 0 Å². The lowest BCUT2D eigenvalue weighted by Crippen LogP contribution is -2.32.